The van der Waals surface area contributed by atoms with Gasteiger partial charge < -0.3 is 15.4 Å². The topological polar surface area (TPSA) is 80.3 Å². The van der Waals surface area contributed by atoms with E-state index in [0.29, 0.717) is 28.4 Å². The highest BCUT2D eigenvalue weighted by molar-refractivity contribution is 6.06. The zero-order valence-corrected chi connectivity index (χ0v) is 15.0. The van der Waals surface area contributed by atoms with Crippen LogP contribution in [0.5, 0.6) is 5.75 Å². The minimum atomic E-state index is -0.269. The number of methoxy groups -OCH3 is 1. The lowest BCUT2D eigenvalue weighted by Gasteiger charge is -2.10. The highest BCUT2D eigenvalue weighted by atomic mass is 16.5. The Morgan fingerprint density at radius 1 is 0.926 bits per heavy atom. The number of hydrogen-bond acceptors (Lipinski definition) is 5. The highest BCUT2D eigenvalue weighted by Crippen LogP contribution is 2.20. The molecule has 0 aliphatic heterocycles. The number of pyridine rings is 1. The van der Waals surface area contributed by atoms with E-state index in [1.165, 1.54) is 14.0 Å². The molecule has 1 aromatic heterocycles. The van der Waals surface area contributed by atoms with Crippen molar-refractivity contribution in [1.82, 2.24) is 4.98 Å². The number of carbonyl (C=O) groups is 2. The summed E-state index contributed by atoms with van der Waals surface area (Å²) in [6, 6.07) is 17.7. The minimum Gasteiger partial charge on any atom is -0.496 e. The standard InChI is InChI=1S/C21H19N3O3/c1-14(25)15-7-9-16(10-8-15)23-20-12-11-17(13-22-20)24-21(26)18-5-3-4-6-19(18)27-2/h3-13H,1-2H3,(H,22,23)(H,24,26). The number of benzene rings is 2. The van der Waals surface area contributed by atoms with E-state index in [9.17, 15) is 9.59 Å². The van der Waals surface area contributed by atoms with Gasteiger partial charge in [0.2, 0.25) is 0 Å². The number of hydrogen-bond donors (Lipinski definition) is 2. The van der Waals surface area contributed by atoms with Gasteiger partial charge in [-0.2, -0.15) is 0 Å². The summed E-state index contributed by atoms with van der Waals surface area (Å²) in [5.41, 5.74) is 2.50. The summed E-state index contributed by atoms with van der Waals surface area (Å²) in [4.78, 5) is 28.0. The first-order valence-electron chi connectivity index (χ1n) is 8.35. The average molecular weight is 361 g/mol. The SMILES string of the molecule is COc1ccccc1C(=O)Nc1ccc(Nc2ccc(C(C)=O)cc2)nc1. The van der Waals surface area contributed by atoms with Crippen molar-refractivity contribution in [1.29, 1.82) is 0 Å². The van der Waals surface area contributed by atoms with Crippen molar-refractivity contribution < 1.29 is 14.3 Å². The predicted octanol–water partition coefficient (Wildman–Crippen LogP) is 4.29. The van der Waals surface area contributed by atoms with Crippen molar-refractivity contribution in [2.75, 3.05) is 17.7 Å². The number of rotatable bonds is 6. The molecule has 1 heterocycles. The van der Waals surface area contributed by atoms with Gasteiger partial charge >= 0.3 is 0 Å². The molecule has 6 heteroatoms. The van der Waals surface area contributed by atoms with Crippen LogP contribution in [0, 0.1) is 0 Å². The fourth-order valence-electron chi connectivity index (χ4n) is 2.51. The zero-order valence-electron chi connectivity index (χ0n) is 15.0. The van der Waals surface area contributed by atoms with Gasteiger partial charge in [-0.25, -0.2) is 4.98 Å². The van der Waals surface area contributed by atoms with E-state index in [1.807, 2.05) is 12.1 Å². The summed E-state index contributed by atoms with van der Waals surface area (Å²) in [5.74, 6) is 0.890. The normalized spacial score (nSPS) is 10.1. The molecule has 2 N–H and O–H groups in total. The fourth-order valence-corrected chi connectivity index (χ4v) is 2.51. The molecule has 3 rings (SSSR count). The molecule has 0 atom stereocenters. The van der Waals surface area contributed by atoms with Crippen LogP contribution in [-0.4, -0.2) is 23.8 Å². The van der Waals surface area contributed by atoms with Gasteiger partial charge in [0, 0.05) is 11.3 Å². The van der Waals surface area contributed by atoms with E-state index < -0.39 is 0 Å². The number of para-hydroxylation sites is 1. The van der Waals surface area contributed by atoms with Crippen LogP contribution in [0.25, 0.3) is 0 Å². The zero-order chi connectivity index (χ0) is 19.2. The Hall–Kier alpha value is -3.67. The second kappa shape index (κ2) is 8.14. The number of ether oxygens (including phenoxy) is 1. The smallest absolute Gasteiger partial charge is 0.259 e. The molecule has 3 aromatic rings. The Morgan fingerprint density at radius 2 is 1.63 bits per heavy atom. The quantitative estimate of drug-likeness (QED) is 0.640. The molecule has 0 unspecified atom stereocenters. The number of carbonyl (C=O) groups excluding carboxylic acids is 2. The molecule has 0 spiro atoms. The van der Waals surface area contributed by atoms with E-state index in [-0.39, 0.29) is 11.7 Å². The summed E-state index contributed by atoms with van der Waals surface area (Å²) in [7, 11) is 1.52. The fraction of sp³-hybridized carbons (Fsp3) is 0.0952. The van der Waals surface area contributed by atoms with Gasteiger partial charge in [-0.3, -0.25) is 9.59 Å². The number of amides is 1. The summed E-state index contributed by atoms with van der Waals surface area (Å²) >= 11 is 0. The maximum Gasteiger partial charge on any atom is 0.259 e. The summed E-state index contributed by atoms with van der Waals surface area (Å²) in [6.45, 7) is 1.53. The van der Waals surface area contributed by atoms with Gasteiger partial charge in [0.15, 0.2) is 5.78 Å². The third kappa shape index (κ3) is 4.49. The van der Waals surface area contributed by atoms with Gasteiger partial charge in [0.1, 0.15) is 11.6 Å². The van der Waals surface area contributed by atoms with Crippen LogP contribution >= 0.6 is 0 Å². The van der Waals surface area contributed by atoms with Gasteiger partial charge in [0.05, 0.1) is 24.6 Å². The summed E-state index contributed by atoms with van der Waals surface area (Å²) in [6.07, 6.45) is 1.57. The molecular weight excluding hydrogens is 342 g/mol. The molecule has 0 bridgehead atoms. The lowest BCUT2D eigenvalue weighted by Crippen LogP contribution is -2.13. The maximum absolute atomic E-state index is 12.4. The number of Topliss-reactive ketones (excluding diaryl/α,β-unsaturated/α-hetero) is 1. The molecular formula is C21H19N3O3. The molecule has 136 valence electrons. The van der Waals surface area contributed by atoms with Crippen LogP contribution in [-0.2, 0) is 0 Å². The molecule has 27 heavy (non-hydrogen) atoms. The van der Waals surface area contributed by atoms with E-state index in [2.05, 4.69) is 15.6 Å². The van der Waals surface area contributed by atoms with Gasteiger partial charge in [-0.05, 0) is 55.5 Å². The molecule has 0 saturated heterocycles. The number of nitrogens with one attached hydrogen (secondary N) is 2. The summed E-state index contributed by atoms with van der Waals surface area (Å²) in [5, 5.41) is 5.94. The predicted molar refractivity (Wildman–Crippen MR) is 105 cm³/mol. The monoisotopic (exact) mass is 361 g/mol. The van der Waals surface area contributed by atoms with Crippen molar-refractivity contribution in [3.05, 3.63) is 78.0 Å². The first kappa shape index (κ1) is 18.1. The second-order valence-electron chi connectivity index (χ2n) is 5.85. The van der Waals surface area contributed by atoms with Crippen molar-refractivity contribution in [2.24, 2.45) is 0 Å². The van der Waals surface area contributed by atoms with E-state index >= 15 is 0 Å². The third-order valence-corrected chi connectivity index (χ3v) is 3.94. The number of nitrogens with zero attached hydrogens (tertiary/aromatic N) is 1. The van der Waals surface area contributed by atoms with Gasteiger partial charge in [0.25, 0.3) is 5.91 Å². The lowest BCUT2D eigenvalue weighted by molar-refractivity contribution is 0.101. The molecule has 1 amide bonds. The Bertz CT molecular complexity index is 951. The Balaban J connectivity index is 1.66. The summed E-state index contributed by atoms with van der Waals surface area (Å²) < 4.78 is 5.21. The minimum absolute atomic E-state index is 0.0230. The van der Waals surface area contributed by atoms with Crippen LogP contribution < -0.4 is 15.4 Å². The van der Waals surface area contributed by atoms with E-state index in [0.717, 1.165) is 5.69 Å². The molecule has 0 radical (unpaired) electrons. The second-order valence-corrected chi connectivity index (χ2v) is 5.85. The van der Waals surface area contributed by atoms with Crippen LogP contribution in [0.2, 0.25) is 0 Å². The number of anilines is 3. The van der Waals surface area contributed by atoms with Gasteiger partial charge in [-0.1, -0.05) is 12.1 Å². The van der Waals surface area contributed by atoms with Crippen molar-refractivity contribution >= 4 is 28.9 Å². The van der Waals surface area contributed by atoms with Crippen molar-refractivity contribution in [3.63, 3.8) is 0 Å². The van der Waals surface area contributed by atoms with Crippen LogP contribution in [0.1, 0.15) is 27.6 Å². The Labute approximate surface area is 157 Å². The van der Waals surface area contributed by atoms with E-state index in [4.69, 9.17) is 4.74 Å². The van der Waals surface area contributed by atoms with Gasteiger partial charge in [-0.15, -0.1) is 0 Å². The Morgan fingerprint density at radius 3 is 2.26 bits per heavy atom. The molecule has 0 fully saturated rings. The van der Waals surface area contributed by atoms with Crippen molar-refractivity contribution in [3.8, 4) is 5.75 Å². The van der Waals surface area contributed by atoms with E-state index in [1.54, 1.807) is 54.7 Å². The molecule has 2 aromatic carbocycles. The molecule has 6 nitrogen and oxygen atoms in total. The molecule has 0 saturated carbocycles. The lowest BCUT2D eigenvalue weighted by atomic mass is 10.1. The van der Waals surface area contributed by atoms with Crippen molar-refractivity contribution in [2.45, 2.75) is 6.92 Å². The third-order valence-electron chi connectivity index (χ3n) is 3.94. The first-order valence-corrected chi connectivity index (χ1v) is 8.35. The Kier molecular flexibility index (Phi) is 5.47. The van der Waals surface area contributed by atoms with Crippen LogP contribution in [0.3, 0.4) is 0 Å². The average Bonchev–Trinajstić information content (AvgIpc) is 2.69. The molecule has 0 aliphatic carbocycles. The van der Waals surface area contributed by atoms with Crippen LogP contribution in [0.4, 0.5) is 17.2 Å². The first-order chi connectivity index (χ1) is 13.1. The number of aromatic nitrogens is 1. The largest absolute Gasteiger partial charge is 0.496 e. The maximum atomic E-state index is 12.4. The highest BCUT2D eigenvalue weighted by Gasteiger charge is 2.11. The number of ketones is 1. The molecule has 0 aliphatic rings. The van der Waals surface area contributed by atoms with Crippen LogP contribution in [0.15, 0.2) is 66.9 Å².